The molecule has 1 aliphatic rings. The van der Waals surface area contributed by atoms with Gasteiger partial charge in [-0.3, -0.25) is 4.68 Å². The third kappa shape index (κ3) is 2.39. The molecule has 5 nitrogen and oxygen atoms in total. The number of hydrogen-bond donors (Lipinski definition) is 1. The van der Waals surface area contributed by atoms with Gasteiger partial charge >= 0.3 is 0 Å². The zero-order valence-electron chi connectivity index (χ0n) is 10.0. The van der Waals surface area contributed by atoms with Gasteiger partial charge in [0, 0.05) is 37.9 Å². The van der Waals surface area contributed by atoms with E-state index in [1.807, 2.05) is 36.6 Å². The first-order chi connectivity index (χ1) is 8.33. The highest BCUT2D eigenvalue weighted by molar-refractivity contribution is 5.56. The van der Waals surface area contributed by atoms with Crippen molar-refractivity contribution in [2.24, 2.45) is 7.05 Å². The Morgan fingerprint density at radius 2 is 2.29 bits per heavy atom. The van der Waals surface area contributed by atoms with Crippen LogP contribution in [0.25, 0.3) is 11.3 Å². The Morgan fingerprint density at radius 1 is 1.41 bits per heavy atom. The second-order valence-corrected chi connectivity index (χ2v) is 4.60. The van der Waals surface area contributed by atoms with E-state index in [4.69, 9.17) is 0 Å². The highest BCUT2D eigenvalue weighted by atomic mass is 15.2. The second kappa shape index (κ2) is 4.33. The number of aromatic nitrogens is 4. The van der Waals surface area contributed by atoms with Crippen LogP contribution in [0.15, 0.2) is 24.9 Å². The van der Waals surface area contributed by atoms with Gasteiger partial charge in [0.15, 0.2) is 0 Å². The number of aryl methyl sites for hydroxylation is 1. The molecule has 0 aliphatic heterocycles. The van der Waals surface area contributed by atoms with Gasteiger partial charge in [-0.1, -0.05) is 0 Å². The van der Waals surface area contributed by atoms with Crippen molar-refractivity contribution >= 4 is 0 Å². The molecule has 0 aromatic carbocycles. The molecule has 0 atom stereocenters. The molecule has 1 fully saturated rings. The normalized spacial score (nSPS) is 15.4. The van der Waals surface area contributed by atoms with E-state index < -0.39 is 0 Å². The fraction of sp³-hybridized carbons (Fsp3) is 0.500. The second-order valence-electron chi connectivity index (χ2n) is 4.60. The Bertz CT molecular complexity index is 494. The van der Waals surface area contributed by atoms with Gasteiger partial charge in [0.2, 0.25) is 0 Å². The van der Waals surface area contributed by atoms with Crippen molar-refractivity contribution in [1.82, 2.24) is 24.6 Å². The average molecular weight is 231 g/mol. The van der Waals surface area contributed by atoms with E-state index in [0.29, 0.717) is 0 Å². The van der Waals surface area contributed by atoms with Crippen molar-refractivity contribution in [3.63, 3.8) is 0 Å². The maximum absolute atomic E-state index is 4.22. The molecule has 1 saturated carbocycles. The van der Waals surface area contributed by atoms with Crippen LogP contribution in [-0.2, 0) is 13.6 Å². The number of hydrogen-bond acceptors (Lipinski definition) is 3. The summed E-state index contributed by atoms with van der Waals surface area (Å²) >= 11 is 0. The zero-order valence-corrected chi connectivity index (χ0v) is 10.0. The Balaban J connectivity index is 1.69. The van der Waals surface area contributed by atoms with Crippen LogP contribution >= 0.6 is 0 Å². The summed E-state index contributed by atoms with van der Waals surface area (Å²) in [7, 11) is 1.93. The molecule has 90 valence electrons. The summed E-state index contributed by atoms with van der Waals surface area (Å²) in [6, 6.07) is 0.764. The summed E-state index contributed by atoms with van der Waals surface area (Å²) in [6.45, 7) is 1.97. The van der Waals surface area contributed by atoms with Crippen LogP contribution < -0.4 is 5.32 Å². The van der Waals surface area contributed by atoms with E-state index in [2.05, 4.69) is 20.0 Å². The minimum Gasteiger partial charge on any atom is -0.329 e. The first-order valence-electron chi connectivity index (χ1n) is 6.05. The third-order valence-electron chi connectivity index (χ3n) is 3.08. The van der Waals surface area contributed by atoms with E-state index in [1.54, 1.807) is 0 Å². The molecule has 0 spiro atoms. The quantitative estimate of drug-likeness (QED) is 0.836. The highest BCUT2D eigenvalue weighted by Crippen LogP contribution is 2.19. The van der Waals surface area contributed by atoms with E-state index in [0.717, 1.165) is 30.4 Å². The molecule has 17 heavy (non-hydrogen) atoms. The summed E-state index contributed by atoms with van der Waals surface area (Å²) in [6.07, 6.45) is 10.3. The number of rotatable bonds is 5. The van der Waals surface area contributed by atoms with Crippen LogP contribution in [0.3, 0.4) is 0 Å². The van der Waals surface area contributed by atoms with E-state index in [1.165, 1.54) is 12.8 Å². The van der Waals surface area contributed by atoms with Crippen LogP contribution in [0, 0.1) is 0 Å². The summed E-state index contributed by atoms with van der Waals surface area (Å²) in [5, 5.41) is 7.70. The molecule has 0 bridgehead atoms. The van der Waals surface area contributed by atoms with Gasteiger partial charge < -0.3 is 9.88 Å². The molecule has 0 saturated heterocycles. The topological polar surface area (TPSA) is 47.7 Å². The first-order valence-corrected chi connectivity index (χ1v) is 6.05. The lowest BCUT2D eigenvalue weighted by Crippen LogP contribution is -2.21. The molecule has 1 N–H and O–H groups in total. The Hall–Kier alpha value is -1.62. The molecule has 3 rings (SSSR count). The lowest BCUT2D eigenvalue weighted by molar-refractivity contribution is 0.598. The molecule has 2 aromatic rings. The zero-order chi connectivity index (χ0) is 11.7. The predicted octanol–water partition coefficient (Wildman–Crippen LogP) is 1.04. The maximum atomic E-state index is 4.22. The van der Waals surface area contributed by atoms with Crippen LogP contribution in [-0.4, -0.2) is 31.9 Å². The molecule has 0 amide bonds. The number of nitrogens with zero attached hydrogens (tertiary/aromatic N) is 4. The summed E-state index contributed by atoms with van der Waals surface area (Å²) in [5.41, 5.74) is 2.26. The molecule has 2 heterocycles. The highest BCUT2D eigenvalue weighted by Gasteiger charge is 2.19. The largest absolute Gasteiger partial charge is 0.329 e. The van der Waals surface area contributed by atoms with Crippen LogP contribution in [0.5, 0.6) is 0 Å². The third-order valence-corrected chi connectivity index (χ3v) is 3.08. The predicted molar refractivity (Wildman–Crippen MR) is 65.5 cm³/mol. The molecule has 5 heteroatoms. The molecule has 2 aromatic heterocycles. The minimum absolute atomic E-state index is 0.764. The molecule has 0 radical (unpaired) electrons. The van der Waals surface area contributed by atoms with Crippen molar-refractivity contribution in [3.8, 4) is 11.3 Å². The smallest absolute Gasteiger partial charge is 0.0951 e. The van der Waals surface area contributed by atoms with Crippen molar-refractivity contribution < 1.29 is 0 Å². The number of imidazole rings is 1. The lowest BCUT2D eigenvalue weighted by Gasteiger charge is -2.07. The fourth-order valence-electron chi connectivity index (χ4n) is 1.97. The Morgan fingerprint density at radius 3 is 3.00 bits per heavy atom. The summed E-state index contributed by atoms with van der Waals surface area (Å²) in [4.78, 5) is 4.22. The van der Waals surface area contributed by atoms with Crippen molar-refractivity contribution in [2.75, 3.05) is 6.54 Å². The molecular weight excluding hydrogens is 214 g/mol. The van der Waals surface area contributed by atoms with Crippen molar-refractivity contribution in [3.05, 3.63) is 24.9 Å². The molecule has 0 unspecified atom stereocenters. The van der Waals surface area contributed by atoms with Crippen molar-refractivity contribution in [1.29, 1.82) is 0 Å². The Kier molecular flexibility index (Phi) is 2.68. The summed E-state index contributed by atoms with van der Waals surface area (Å²) in [5.74, 6) is 0. The summed E-state index contributed by atoms with van der Waals surface area (Å²) < 4.78 is 3.99. The first kappa shape index (κ1) is 10.5. The van der Waals surface area contributed by atoms with Gasteiger partial charge in [-0.15, -0.1) is 0 Å². The van der Waals surface area contributed by atoms with E-state index in [9.17, 15) is 0 Å². The number of nitrogens with one attached hydrogen (secondary N) is 1. The van der Waals surface area contributed by atoms with Gasteiger partial charge in [0.25, 0.3) is 0 Å². The molecule has 1 aliphatic carbocycles. The fourth-order valence-corrected chi connectivity index (χ4v) is 1.97. The van der Waals surface area contributed by atoms with Crippen LogP contribution in [0.2, 0.25) is 0 Å². The average Bonchev–Trinajstić information content (AvgIpc) is 2.85. The van der Waals surface area contributed by atoms with Gasteiger partial charge in [0.05, 0.1) is 24.4 Å². The van der Waals surface area contributed by atoms with Crippen LogP contribution in [0.1, 0.15) is 12.8 Å². The SMILES string of the molecule is Cn1cc(-c2cncn2CCNC2CC2)cn1. The van der Waals surface area contributed by atoms with Gasteiger partial charge in [0.1, 0.15) is 0 Å². The van der Waals surface area contributed by atoms with Gasteiger partial charge in [-0.2, -0.15) is 5.10 Å². The van der Waals surface area contributed by atoms with Gasteiger partial charge in [-0.05, 0) is 12.8 Å². The Labute approximate surface area is 100 Å². The minimum atomic E-state index is 0.764. The van der Waals surface area contributed by atoms with E-state index in [-0.39, 0.29) is 0 Å². The maximum Gasteiger partial charge on any atom is 0.0951 e. The van der Waals surface area contributed by atoms with Crippen molar-refractivity contribution in [2.45, 2.75) is 25.4 Å². The molecular formula is C12H17N5. The lowest BCUT2D eigenvalue weighted by atomic mass is 10.3. The standard InChI is InChI=1S/C12H17N5/c1-16-8-10(6-15-16)12-7-13-9-17(12)5-4-14-11-2-3-11/h6-9,11,14H,2-5H2,1H3. The monoisotopic (exact) mass is 231 g/mol. The van der Waals surface area contributed by atoms with Gasteiger partial charge in [-0.25, -0.2) is 4.98 Å². The van der Waals surface area contributed by atoms with Crippen LogP contribution in [0.4, 0.5) is 0 Å². The van der Waals surface area contributed by atoms with E-state index >= 15 is 0 Å².